The fourth-order valence-electron chi connectivity index (χ4n) is 18.8. The lowest BCUT2D eigenvalue weighted by Crippen LogP contribution is -2.54. The first kappa shape index (κ1) is 92.2. The van der Waals surface area contributed by atoms with E-state index in [4.69, 9.17) is 25.7 Å². The molecule has 12 heterocycles. The number of aromatic carboxylic acids is 5. The van der Waals surface area contributed by atoms with Crippen molar-refractivity contribution >= 4 is 124 Å². The SMILES string of the molecule is CC1COc2c(N3CCN(C)CC3)c(F)cc3c(=O)c(C(=O)O)cn1c23.COc1c(N2CCN[C@@H](C)C2)c(F)c(N)c2c(=O)c(C(=O)O)cn(C3CC3)c12.C[C@@H]1CN(c2c(F)c(N)c3c(=O)c(C(=O)O)cn(C4CC4)c3c2F)C[C@H](C)N1.C[C@H]1COc2c(N3CCN(C)CC3)c(F)cc3c(=O)c(C(=O)O)cn1c23.O=C(O)c1cn(C2CC2)c2cc(N3CCNCC3)c(F)cc2c1=O. The first-order valence-electron chi connectivity index (χ1n) is 43.9. The molecule has 3 saturated carbocycles. The summed E-state index contributed by atoms with van der Waals surface area (Å²) in [5.41, 5.74) is 8.34. The number of likely N-dealkylation sites (N-methyl/N-ethyl adjacent to an activating group) is 2. The molecular weight excluding hydrogens is 1730 g/mol. The van der Waals surface area contributed by atoms with Gasteiger partial charge in [-0.1, -0.05) is 0 Å². The minimum Gasteiger partial charge on any atom is -0.492 e. The molecule has 7 aliphatic heterocycles. The number of carbonyl (C=O) groups is 5. The molecule has 0 bridgehead atoms. The molecular formula is C91H103F6N17O18. The van der Waals surface area contributed by atoms with E-state index in [0.717, 1.165) is 96.1 Å². The highest BCUT2D eigenvalue weighted by Gasteiger charge is 2.40. The van der Waals surface area contributed by atoms with Crippen molar-refractivity contribution in [3.63, 3.8) is 0 Å². The van der Waals surface area contributed by atoms with Gasteiger partial charge in [-0.05, 0) is 112 Å². The Morgan fingerprint density at radius 1 is 0.409 bits per heavy atom. The molecule has 12 N–H and O–H groups in total. The predicted octanol–water partition coefficient (Wildman–Crippen LogP) is 8.32. The van der Waals surface area contributed by atoms with E-state index in [2.05, 4.69) is 25.8 Å². The number of nitrogen functional groups attached to an aromatic ring is 2. The molecule has 20 rings (SSSR count). The third-order valence-electron chi connectivity index (χ3n) is 26.0. The second kappa shape index (κ2) is 36.6. The van der Waals surface area contributed by atoms with Gasteiger partial charge in [-0.2, -0.15) is 0 Å². The highest BCUT2D eigenvalue weighted by atomic mass is 19.2. The Hall–Kier alpha value is -13.1. The second-order valence-corrected chi connectivity index (χ2v) is 35.6. The van der Waals surface area contributed by atoms with Crippen LogP contribution >= 0.6 is 0 Å². The van der Waals surface area contributed by atoms with Crippen molar-refractivity contribution in [3.05, 3.63) is 169 Å². The van der Waals surface area contributed by atoms with Crippen molar-refractivity contribution in [3.8, 4) is 17.2 Å². The summed E-state index contributed by atoms with van der Waals surface area (Å²) in [6, 6.07) is 5.15. The summed E-state index contributed by atoms with van der Waals surface area (Å²) in [5, 5.41) is 56.2. The maximum atomic E-state index is 15.6. The molecule has 0 radical (unpaired) electrons. The fraction of sp³-hybridized carbons (Fsp3) is 0.451. The summed E-state index contributed by atoms with van der Waals surface area (Å²) < 4.78 is 116. The number of carboxylic acid groups (broad SMARTS) is 5. The zero-order valence-electron chi connectivity index (χ0n) is 73.8. The number of fused-ring (bicyclic) bond motifs is 3. The number of anilines is 7. The summed E-state index contributed by atoms with van der Waals surface area (Å²) in [6.45, 7) is 21.5. The Morgan fingerprint density at radius 2 is 0.788 bits per heavy atom. The number of halogens is 6. The van der Waals surface area contributed by atoms with Gasteiger partial charge in [0.2, 0.25) is 27.1 Å². The highest BCUT2D eigenvalue weighted by molar-refractivity contribution is 6.05. The van der Waals surface area contributed by atoms with Gasteiger partial charge in [0.05, 0.1) is 85.4 Å². The van der Waals surface area contributed by atoms with Gasteiger partial charge in [0.15, 0.2) is 46.3 Å². The van der Waals surface area contributed by atoms with E-state index in [1.54, 1.807) is 24.7 Å². The molecule has 132 heavy (non-hydrogen) atoms. The number of nitrogens with two attached hydrogens (primary N) is 2. The first-order chi connectivity index (χ1) is 62.9. The van der Waals surface area contributed by atoms with Crippen LogP contribution in [-0.4, -0.2) is 252 Å². The maximum Gasteiger partial charge on any atom is 0.341 e. The van der Waals surface area contributed by atoms with Crippen molar-refractivity contribution in [2.75, 3.05) is 182 Å². The van der Waals surface area contributed by atoms with Crippen LogP contribution in [0.4, 0.5) is 66.2 Å². The van der Waals surface area contributed by atoms with E-state index in [1.807, 2.05) is 72.9 Å². The van der Waals surface area contributed by atoms with Crippen LogP contribution in [0.25, 0.3) is 54.5 Å². The molecule has 702 valence electrons. The Bertz CT molecular complexity index is 6570. The lowest BCUT2D eigenvalue weighted by atomic mass is 10.0. The van der Waals surface area contributed by atoms with Crippen LogP contribution < -0.4 is 93.3 Å². The van der Waals surface area contributed by atoms with Crippen LogP contribution in [0.3, 0.4) is 0 Å². The molecule has 5 saturated heterocycles. The third-order valence-corrected chi connectivity index (χ3v) is 26.0. The number of nitrogens with one attached hydrogen (secondary N) is 3. The normalized spacial score (nSPS) is 20.3. The quantitative estimate of drug-likeness (QED) is 0.0361. The zero-order chi connectivity index (χ0) is 94.5. The Balaban J connectivity index is 0.000000120. The van der Waals surface area contributed by atoms with E-state index < -0.39 is 114 Å². The van der Waals surface area contributed by atoms with Gasteiger partial charge in [0.1, 0.15) is 69.6 Å². The number of benzene rings is 5. The summed E-state index contributed by atoms with van der Waals surface area (Å²) in [5.74, 6) is -10.1. The summed E-state index contributed by atoms with van der Waals surface area (Å²) in [7, 11) is 5.45. The number of pyridine rings is 5. The van der Waals surface area contributed by atoms with E-state index in [-0.39, 0.29) is 128 Å². The van der Waals surface area contributed by atoms with E-state index >= 15 is 13.2 Å². The van der Waals surface area contributed by atoms with E-state index in [1.165, 1.54) is 42.5 Å². The maximum absolute atomic E-state index is 15.6. The monoisotopic (exact) mass is 1840 g/mol. The number of carboxylic acids is 5. The van der Waals surface area contributed by atoms with Crippen molar-refractivity contribution in [1.29, 1.82) is 0 Å². The van der Waals surface area contributed by atoms with Gasteiger partial charge >= 0.3 is 29.8 Å². The molecule has 0 spiro atoms. The number of hydrogen-bond acceptors (Lipinski definition) is 25. The van der Waals surface area contributed by atoms with Crippen LogP contribution in [0.2, 0.25) is 0 Å². The number of nitrogens with zero attached hydrogens (tertiary/aromatic N) is 12. The average Bonchev–Trinajstić information content (AvgIpc) is 1.71. The number of hydrogen-bond donors (Lipinski definition) is 10. The molecule has 0 amide bonds. The van der Waals surface area contributed by atoms with Crippen molar-refractivity contribution < 1.29 is 90.1 Å². The first-order valence-corrected chi connectivity index (χ1v) is 43.9. The van der Waals surface area contributed by atoms with Crippen LogP contribution in [0.1, 0.15) is 155 Å². The van der Waals surface area contributed by atoms with Crippen LogP contribution in [0.5, 0.6) is 17.2 Å². The molecule has 41 heteroatoms. The van der Waals surface area contributed by atoms with Crippen molar-refractivity contribution in [1.82, 2.24) is 48.6 Å². The van der Waals surface area contributed by atoms with Gasteiger partial charge in [0.25, 0.3) is 0 Å². The lowest BCUT2D eigenvalue weighted by molar-refractivity contribution is 0.0683. The molecule has 10 aromatic rings. The van der Waals surface area contributed by atoms with Gasteiger partial charge in [0, 0.05) is 184 Å². The summed E-state index contributed by atoms with van der Waals surface area (Å²) in [6.07, 6.45) is 11.6. The highest BCUT2D eigenvalue weighted by Crippen LogP contribution is 2.49. The third kappa shape index (κ3) is 17.2. The second-order valence-electron chi connectivity index (χ2n) is 35.6. The largest absolute Gasteiger partial charge is 0.492 e. The van der Waals surface area contributed by atoms with Crippen molar-refractivity contribution in [2.45, 2.75) is 121 Å². The summed E-state index contributed by atoms with van der Waals surface area (Å²) in [4.78, 5) is 134. The molecule has 10 aliphatic rings. The van der Waals surface area contributed by atoms with Gasteiger partial charge in [-0.3, -0.25) is 24.0 Å². The Kier molecular flexibility index (Phi) is 25.5. The van der Waals surface area contributed by atoms with Gasteiger partial charge in [-0.25, -0.2) is 50.3 Å². The van der Waals surface area contributed by atoms with Gasteiger partial charge in [-0.15, -0.1) is 0 Å². The zero-order valence-corrected chi connectivity index (χ0v) is 73.8. The molecule has 5 aromatic carbocycles. The topological polar surface area (TPSA) is 435 Å². The standard InChI is InChI=1S/C19H22F2N4O3.C19H23FN4O4.2C18H20FN3O4.C17H18FN3O3/c1-8-5-24(6-9(2)23-8)17-13(20)15(22)12-16(14(17)21)25(10-3-4-10)7-11(18(12)26)19(27)28;1-9-7-23(6-5-22-9)16-13(20)14(21)12-15(18(16)28-2)24(10-3-4-10)8-11(17(12)25)19(26)27;2*1-10-9-26-17-14-11(16(23)12(18(24)25)8-22(10)14)7-13(19)15(17)21-5-3-20(2)4-6-21;18-13-7-11-14(8-15(13)20-5-3-19-4-6-20)21(10-1-2-10)9-12(16(11)22)17(23)24/h7-10,23H,3-6,22H2,1-2H3,(H,27,28);8-10,22H,3-7,21H2,1-2H3,(H,26,27);2*7-8,10H,3-6,9H2,1-2H3,(H,24,25);7-10,19H,1-6H2,(H,23,24)/t8-,9+;9-;10-;;/m.00../s1. The fourth-order valence-corrected chi connectivity index (χ4v) is 18.8. The number of rotatable bonds is 14. The molecule has 3 aliphatic carbocycles. The lowest BCUT2D eigenvalue weighted by Gasteiger charge is -2.38. The number of piperazine rings is 5. The Morgan fingerprint density at radius 3 is 1.22 bits per heavy atom. The molecule has 1 unspecified atom stereocenters. The predicted molar refractivity (Wildman–Crippen MR) is 485 cm³/mol. The number of ether oxygens (including phenoxy) is 3. The minimum absolute atomic E-state index is 0.0134. The van der Waals surface area contributed by atoms with E-state index in [0.29, 0.717) is 123 Å². The van der Waals surface area contributed by atoms with Crippen LogP contribution in [0, 0.1) is 34.9 Å². The van der Waals surface area contributed by atoms with Crippen LogP contribution in [-0.2, 0) is 0 Å². The number of methoxy groups -OCH3 is 1. The average molecular weight is 1840 g/mol. The molecule has 5 aromatic heterocycles. The minimum atomic E-state index is -1.45. The van der Waals surface area contributed by atoms with Gasteiger partial charge < -0.3 is 124 Å². The summed E-state index contributed by atoms with van der Waals surface area (Å²) >= 11 is 0. The Labute approximate surface area is 749 Å². The number of aromatic nitrogens is 5. The molecule has 35 nitrogen and oxygen atoms in total. The molecule has 5 atom stereocenters. The smallest absolute Gasteiger partial charge is 0.341 e. The van der Waals surface area contributed by atoms with Crippen LogP contribution in [0.15, 0.2) is 79.2 Å². The van der Waals surface area contributed by atoms with E-state index in [9.17, 15) is 86.6 Å². The van der Waals surface area contributed by atoms with Crippen molar-refractivity contribution in [2.24, 2.45) is 0 Å². The molecule has 8 fully saturated rings.